The van der Waals surface area contributed by atoms with Crippen LogP contribution in [-0.2, 0) is 10.1 Å². The Morgan fingerprint density at radius 3 is 1.93 bits per heavy atom. The van der Waals surface area contributed by atoms with Crippen molar-refractivity contribution in [2.24, 2.45) is 0 Å². The predicted molar refractivity (Wildman–Crippen MR) is 104 cm³/mol. The number of carbonyl (C=O) groups is 2. The lowest BCUT2D eigenvalue weighted by Crippen LogP contribution is -2.30. The zero-order chi connectivity index (χ0) is 19.9. The van der Waals surface area contributed by atoms with Crippen LogP contribution in [0.2, 0.25) is 0 Å². The molecule has 0 radical (unpaired) electrons. The highest BCUT2D eigenvalue weighted by atomic mass is 32.2. The van der Waals surface area contributed by atoms with Crippen molar-refractivity contribution in [1.29, 1.82) is 0 Å². The number of nitrogens with one attached hydrogen (secondary N) is 1. The highest BCUT2D eigenvalue weighted by molar-refractivity contribution is 7.85. The van der Waals surface area contributed by atoms with E-state index in [1.807, 2.05) is 6.07 Å². The van der Waals surface area contributed by atoms with Gasteiger partial charge in [0.15, 0.2) is 0 Å². The van der Waals surface area contributed by atoms with E-state index in [1.165, 1.54) is 24.3 Å². The van der Waals surface area contributed by atoms with Crippen molar-refractivity contribution in [2.75, 3.05) is 10.2 Å². The number of benzene rings is 3. The first-order valence-electron chi connectivity index (χ1n) is 8.28. The zero-order valence-electron chi connectivity index (χ0n) is 14.4. The molecular weight excluding hydrogens is 380 g/mol. The van der Waals surface area contributed by atoms with Crippen LogP contribution in [0.1, 0.15) is 20.7 Å². The first kappa shape index (κ1) is 17.9. The van der Waals surface area contributed by atoms with E-state index in [0.717, 1.165) is 11.0 Å². The van der Waals surface area contributed by atoms with Gasteiger partial charge in [-0.25, -0.2) is 4.90 Å². The highest BCUT2D eigenvalue weighted by Gasteiger charge is 2.38. The van der Waals surface area contributed by atoms with Crippen LogP contribution in [-0.4, -0.2) is 24.8 Å². The molecule has 0 aliphatic carbocycles. The average Bonchev–Trinajstić information content (AvgIpc) is 2.93. The lowest BCUT2D eigenvalue weighted by Gasteiger charge is -2.20. The second-order valence-electron chi connectivity index (χ2n) is 6.14. The standard InChI is InChI=1S/C20H14N2O5S/c23-19-15-8-4-5-9-16(15)20(24)22(19)18-12-14(28(25,26)27)10-11-17(18)21-13-6-2-1-3-7-13/h1-12,21H,(H,25,26,27). The minimum atomic E-state index is -4.52. The fourth-order valence-electron chi connectivity index (χ4n) is 3.05. The Kier molecular flexibility index (Phi) is 4.21. The van der Waals surface area contributed by atoms with Gasteiger partial charge in [0.05, 0.1) is 27.4 Å². The number of fused-ring (bicyclic) bond motifs is 1. The Morgan fingerprint density at radius 2 is 1.36 bits per heavy atom. The number of para-hydroxylation sites is 1. The number of imide groups is 1. The molecule has 0 spiro atoms. The summed E-state index contributed by atoms with van der Waals surface area (Å²) in [4.78, 5) is 26.2. The lowest BCUT2D eigenvalue weighted by atomic mass is 10.1. The normalized spacial score (nSPS) is 13.5. The van der Waals surface area contributed by atoms with Crippen LogP contribution in [0.5, 0.6) is 0 Å². The summed E-state index contributed by atoms with van der Waals surface area (Å²) in [6.45, 7) is 0. The van der Waals surface area contributed by atoms with E-state index >= 15 is 0 Å². The summed E-state index contributed by atoms with van der Waals surface area (Å²) < 4.78 is 32.6. The number of hydrogen-bond acceptors (Lipinski definition) is 5. The first-order valence-corrected chi connectivity index (χ1v) is 9.72. The molecule has 7 nitrogen and oxygen atoms in total. The maximum atomic E-state index is 12.8. The molecule has 0 saturated carbocycles. The number of carbonyl (C=O) groups excluding carboxylic acids is 2. The van der Waals surface area contributed by atoms with Crippen molar-refractivity contribution in [1.82, 2.24) is 0 Å². The molecule has 1 aliphatic heterocycles. The third-order valence-electron chi connectivity index (χ3n) is 4.35. The van der Waals surface area contributed by atoms with Crippen LogP contribution < -0.4 is 10.2 Å². The van der Waals surface area contributed by atoms with E-state index in [1.54, 1.807) is 36.4 Å². The van der Waals surface area contributed by atoms with Gasteiger partial charge in [0, 0.05) is 5.69 Å². The van der Waals surface area contributed by atoms with Gasteiger partial charge in [0.1, 0.15) is 0 Å². The van der Waals surface area contributed by atoms with Gasteiger partial charge in [-0.1, -0.05) is 30.3 Å². The van der Waals surface area contributed by atoms with Crippen molar-refractivity contribution >= 4 is 39.0 Å². The van der Waals surface area contributed by atoms with Gasteiger partial charge in [0.2, 0.25) is 0 Å². The van der Waals surface area contributed by atoms with Gasteiger partial charge >= 0.3 is 0 Å². The Balaban J connectivity index is 1.87. The SMILES string of the molecule is O=C1c2ccccc2C(=O)N1c1cc(S(=O)(=O)O)ccc1Nc1ccccc1. The predicted octanol–water partition coefficient (Wildman–Crippen LogP) is 3.48. The second kappa shape index (κ2) is 6.59. The van der Waals surface area contributed by atoms with Crippen molar-refractivity contribution in [3.05, 3.63) is 83.9 Å². The highest BCUT2D eigenvalue weighted by Crippen LogP contribution is 2.36. The van der Waals surface area contributed by atoms with Gasteiger partial charge in [-0.2, -0.15) is 8.42 Å². The maximum Gasteiger partial charge on any atom is 0.294 e. The molecule has 2 N–H and O–H groups in total. The summed E-state index contributed by atoms with van der Waals surface area (Å²) in [5, 5.41) is 3.07. The van der Waals surface area contributed by atoms with Crippen LogP contribution >= 0.6 is 0 Å². The van der Waals surface area contributed by atoms with Gasteiger partial charge in [-0.05, 0) is 42.5 Å². The molecule has 140 valence electrons. The van der Waals surface area contributed by atoms with Crippen molar-refractivity contribution < 1.29 is 22.6 Å². The van der Waals surface area contributed by atoms with Crippen LogP contribution in [0.3, 0.4) is 0 Å². The van der Waals surface area contributed by atoms with E-state index in [2.05, 4.69) is 5.32 Å². The quantitative estimate of drug-likeness (QED) is 0.519. The van der Waals surface area contributed by atoms with Gasteiger partial charge in [0.25, 0.3) is 21.9 Å². The molecule has 1 aliphatic rings. The summed E-state index contributed by atoms with van der Waals surface area (Å²) in [6, 6.07) is 19.0. The fraction of sp³-hybridized carbons (Fsp3) is 0. The summed E-state index contributed by atoms with van der Waals surface area (Å²) >= 11 is 0. The number of amides is 2. The molecule has 8 heteroatoms. The van der Waals surface area contributed by atoms with Crippen LogP contribution in [0.15, 0.2) is 77.7 Å². The third kappa shape index (κ3) is 3.04. The molecule has 3 aromatic rings. The molecule has 0 aromatic heterocycles. The minimum Gasteiger partial charge on any atom is -0.354 e. The van der Waals surface area contributed by atoms with Gasteiger partial charge in [-0.15, -0.1) is 0 Å². The molecular formula is C20H14N2O5S. The monoisotopic (exact) mass is 394 g/mol. The van der Waals surface area contributed by atoms with Crippen LogP contribution in [0, 0.1) is 0 Å². The summed E-state index contributed by atoms with van der Waals surface area (Å²) in [7, 11) is -4.52. The molecule has 0 unspecified atom stereocenters. The van der Waals surface area contributed by atoms with Crippen molar-refractivity contribution in [3.8, 4) is 0 Å². The average molecular weight is 394 g/mol. The molecule has 0 saturated heterocycles. The number of nitrogens with zero attached hydrogens (tertiary/aromatic N) is 1. The molecule has 2 amide bonds. The van der Waals surface area contributed by atoms with E-state index in [4.69, 9.17) is 0 Å². The second-order valence-corrected chi connectivity index (χ2v) is 7.56. The van der Waals surface area contributed by atoms with E-state index in [-0.39, 0.29) is 16.8 Å². The molecule has 4 rings (SSSR count). The Hall–Kier alpha value is -3.49. The molecule has 3 aromatic carbocycles. The number of hydrogen-bond donors (Lipinski definition) is 2. The van der Waals surface area contributed by atoms with Crippen LogP contribution in [0.25, 0.3) is 0 Å². The fourth-order valence-corrected chi connectivity index (χ4v) is 3.55. The van der Waals surface area contributed by atoms with E-state index in [9.17, 15) is 22.6 Å². The molecule has 0 atom stereocenters. The largest absolute Gasteiger partial charge is 0.354 e. The Bertz CT molecular complexity index is 1170. The Labute approximate surface area is 161 Å². The van der Waals surface area contributed by atoms with E-state index < -0.39 is 26.8 Å². The molecule has 1 heterocycles. The Morgan fingerprint density at radius 1 is 0.786 bits per heavy atom. The molecule has 0 bridgehead atoms. The summed E-state index contributed by atoms with van der Waals surface area (Å²) in [5.74, 6) is -1.13. The van der Waals surface area contributed by atoms with Gasteiger partial charge in [-0.3, -0.25) is 14.1 Å². The van der Waals surface area contributed by atoms with Crippen LogP contribution in [0.4, 0.5) is 17.1 Å². The van der Waals surface area contributed by atoms with E-state index in [0.29, 0.717) is 11.4 Å². The zero-order valence-corrected chi connectivity index (χ0v) is 15.2. The maximum absolute atomic E-state index is 12.8. The lowest BCUT2D eigenvalue weighted by molar-refractivity contribution is 0.0926. The topological polar surface area (TPSA) is 104 Å². The molecule has 28 heavy (non-hydrogen) atoms. The number of rotatable bonds is 4. The summed E-state index contributed by atoms with van der Waals surface area (Å²) in [6.07, 6.45) is 0. The smallest absolute Gasteiger partial charge is 0.294 e. The number of anilines is 3. The van der Waals surface area contributed by atoms with Crippen molar-refractivity contribution in [3.63, 3.8) is 0 Å². The minimum absolute atomic E-state index is 0.0326. The third-order valence-corrected chi connectivity index (χ3v) is 5.20. The van der Waals surface area contributed by atoms with Gasteiger partial charge < -0.3 is 5.32 Å². The summed E-state index contributed by atoms with van der Waals surface area (Å²) in [5.41, 5.74) is 1.52. The first-order chi connectivity index (χ1) is 13.4. The van der Waals surface area contributed by atoms with Crippen molar-refractivity contribution in [2.45, 2.75) is 4.90 Å². The molecule has 0 fully saturated rings.